The first-order chi connectivity index (χ1) is 14.9. The lowest BCUT2D eigenvalue weighted by Gasteiger charge is -2.46. The largest absolute Gasteiger partial charge is 0.394 e. The van der Waals surface area contributed by atoms with Gasteiger partial charge in [0.1, 0.15) is 18.3 Å². The fourth-order valence-electron chi connectivity index (χ4n) is 3.94. The van der Waals surface area contributed by atoms with Crippen molar-refractivity contribution in [1.29, 1.82) is 0 Å². The van der Waals surface area contributed by atoms with E-state index in [1.165, 1.54) is 44.9 Å². The molecule has 0 aromatic carbocycles. The Morgan fingerprint density at radius 1 is 0.900 bits per heavy atom. The number of unbranched alkanes of at least 4 members (excludes halogenated alkanes) is 9. The minimum absolute atomic E-state index is 0.0871. The molecule has 0 aliphatic carbocycles. The molecule has 0 aromatic heterocycles. The van der Waals surface area contributed by atoms with Crippen molar-refractivity contribution in [2.75, 3.05) is 6.61 Å². The van der Waals surface area contributed by atoms with E-state index in [4.69, 9.17) is 11.8 Å². The first kappa shape index (κ1) is 25.8. The van der Waals surface area contributed by atoms with Crippen molar-refractivity contribution in [3.8, 4) is 0 Å². The maximum absolute atomic E-state index is 10.6. The Bertz CT molecular complexity index is 479. The van der Waals surface area contributed by atoms with Gasteiger partial charge in [-0.25, -0.2) is 0 Å². The number of nitrogens with two attached hydrogens (primary N) is 1. The number of rotatable bonds is 17. The van der Waals surface area contributed by atoms with E-state index in [0.717, 1.165) is 32.1 Å². The van der Waals surface area contributed by atoms with E-state index in [1.807, 2.05) is 0 Å². The van der Waals surface area contributed by atoms with Crippen molar-refractivity contribution in [2.45, 2.75) is 133 Å². The molecule has 1 saturated heterocycles. The fourth-order valence-corrected chi connectivity index (χ4v) is 3.94. The molecule has 0 aromatic rings. The quantitative estimate of drug-likeness (QED) is 0.178. The highest BCUT2D eigenvalue weighted by Crippen LogP contribution is 2.31. The third kappa shape index (κ3) is 10.2. The Balaban J connectivity index is 2.10. The van der Waals surface area contributed by atoms with Crippen molar-refractivity contribution in [3.05, 3.63) is 12.2 Å². The van der Waals surface area contributed by atoms with Gasteiger partial charge in [0.2, 0.25) is 0 Å². The average molecular weight is 431 g/mol. The van der Waals surface area contributed by atoms with E-state index in [9.17, 15) is 20.4 Å². The molecule has 6 heteroatoms. The first-order valence-electron chi connectivity index (χ1n) is 12.6. The molecule has 0 spiro atoms. The molecule has 2 unspecified atom stereocenters. The summed E-state index contributed by atoms with van der Waals surface area (Å²) in [5.74, 6) is -1.84. The summed E-state index contributed by atoms with van der Waals surface area (Å²) < 4.78 is 13.6. The molecule has 1 fully saturated rings. The maximum Gasteiger partial charge on any atom is 0.184 e. The van der Waals surface area contributed by atoms with Gasteiger partial charge in [-0.1, -0.05) is 76.8 Å². The van der Waals surface area contributed by atoms with Gasteiger partial charge in [-0.2, -0.15) is 0 Å². The van der Waals surface area contributed by atoms with Gasteiger partial charge in [0.15, 0.2) is 5.79 Å². The van der Waals surface area contributed by atoms with Crippen LogP contribution in [0.2, 0.25) is 0 Å². The molecule has 6 atom stereocenters. The molecule has 0 radical (unpaired) electrons. The molecule has 6 N–H and O–H groups in total. The maximum atomic E-state index is 10.6. The van der Waals surface area contributed by atoms with Gasteiger partial charge in [0.05, 0.1) is 12.6 Å². The van der Waals surface area contributed by atoms with Gasteiger partial charge < -0.3 is 30.9 Å². The standard InChI is InChI=1S/C24H47NO5/c1-2-3-4-5-6-7-8-9-10-11-12-13-14-15-16-17-18-24(29)23(25)22(28)21(27)20(19-26)30-24/h9-10,20-23,26-29H,2-8,11-19,25H2,1H3/b10-9-/t20-,21-,22+,23-,24?/m1/s1/i16D/t16?,20-,21-,22+,23-,24?. The van der Waals surface area contributed by atoms with Crippen LogP contribution in [0.15, 0.2) is 12.2 Å². The van der Waals surface area contributed by atoms with Crippen LogP contribution in [-0.2, 0) is 4.74 Å². The van der Waals surface area contributed by atoms with E-state index >= 15 is 0 Å². The Morgan fingerprint density at radius 2 is 1.47 bits per heavy atom. The molecule has 6 nitrogen and oxygen atoms in total. The van der Waals surface area contributed by atoms with Crippen molar-refractivity contribution in [2.24, 2.45) is 5.73 Å². The topological polar surface area (TPSA) is 116 Å². The molecule has 30 heavy (non-hydrogen) atoms. The summed E-state index contributed by atoms with van der Waals surface area (Å²) in [6.07, 6.45) is 15.1. The monoisotopic (exact) mass is 430 g/mol. The molecule has 0 saturated carbocycles. The number of hydrogen-bond acceptors (Lipinski definition) is 6. The van der Waals surface area contributed by atoms with Gasteiger partial charge in [0, 0.05) is 7.79 Å². The summed E-state index contributed by atoms with van der Waals surface area (Å²) >= 11 is 0. The second-order valence-corrected chi connectivity index (χ2v) is 8.68. The number of ether oxygens (including phenoxy) is 1. The van der Waals surface area contributed by atoms with Crippen LogP contribution < -0.4 is 5.73 Å². The lowest BCUT2D eigenvalue weighted by Crippen LogP contribution is -2.68. The third-order valence-corrected chi connectivity index (χ3v) is 6.03. The molecular formula is C24H47NO5. The molecule has 0 bridgehead atoms. The predicted molar refractivity (Wildman–Crippen MR) is 121 cm³/mol. The van der Waals surface area contributed by atoms with E-state index < -0.39 is 36.7 Å². The van der Waals surface area contributed by atoms with Gasteiger partial charge in [-0.3, -0.25) is 0 Å². The summed E-state index contributed by atoms with van der Waals surface area (Å²) in [5, 5.41) is 39.8. The van der Waals surface area contributed by atoms with E-state index in [-0.39, 0.29) is 12.8 Å². The second-order valence-electron chi connectivity index (χ2n) is 8.68. The highest BCUT2D eigenvalue weighted by Gasteiger charge is 2.50. The van der Waals surface area contributed by atoms with Crippen LogP contribution in [0.25, 0.3) is 0 Å². The van der Waals surface area contributed by atoms with Crippen molar-refractivity contribution in [1.82, 2.24) is 0 Å². The molecule has 1 aliphatic heterocycles. The van der Waals surface area contributed by atoms with Gasteiger partial charge >= 0.3 is 0 Å². The molecule has 1 heterocycles. The fraction of sp³-hybridized carbons (Fsp3) is 0.917. The highest BCUT2D eigenvalue weighted by molar-refractivity contribution is 4.98. The zero-order chi connectivity index (χ0) is 23.1. The van der Waals surface area contributed by atoms with Crippen LogP contribution in [-0.4, -0.2) is 57.2 Å². The lowest BCUT2D eigenvalue weighted by molar-refractivity contribution is -0.316. The third-order valence-electron chi connectivity index (χ3n) is 6.03. The number of hydrogen-bond donors (Lipinski definition) is 5. The zero-order valence-corrected chi connectivity index (χ0v) is 18.9. The summed E-state index contributed by atoms with van der Waals surface area (Å²) in [5.41, 5.74) is 5.84. The average Bonchev–Trinajstić information content (AvgIpc) is 2.76. The Hall–Kier alpha value is -0.500. The van der Waals surface area contributed by atoms with Crippen LogP contribution >= 0.6 is 0 Å². The normalized spacial score (nSPS) is 31.2. The number of aliphatic hydroxyl groups is 4. The van der Waals surface area contributed by atoms with Crippen LogP contribution in [0.5, 0.6) is 0 Å². The van der Waals surface area contributed by atoms with E-state index in [2.05, 4.69) is 19.1 Å². The summed E-state index contributed by atoms with van der Waals surface area (Å²) in [6.45, 7) is 1.72. The molecule has 0 amide bonds. The second kappa shape index (κ2) is 16.2. The van der Waals surface area contributed by atoms with Crippen LogP contribution in [0.1, 0.15) is 105 Å². The Labute approximate surface area is 184 Å². The predicted octanol–water partition coefficient (Wildman–Crippen LogP) is 3.54. The van der Waals surface area contributed by atoms with Crippen molar-refractivity contribution >= 4 is 0 Å². The van der Waals surface area contributed by atoms with Crippen molar-refractivity contribution < 1.29 is 26.5 Å². The minimum atomic E-state index is -1.84. The summed E-state index contributed by atoms with van der Waals surface area (Å²) in [7, 11) is 0. The summed E-state index contributed by atoms with van der Waals surface area (Å²) in [4.78, 5) is 0. The molecule has 1 rings (SSSR count). The minimum Gasteiger partial charge on any atom is -0.394 e. The van der Waals surface area contributed by atoms with E-state index in [0.29, 0.717) is 6.42 Å². The summed E-state index contributed by atoms with van der Waals surface area (Å²) in [6, 6.07) is -1.18. The molecule has 1 aliphatic rings. The van der Waals surface area contributed by atoms with Gasteiger partial charge in [-0.05, 0) is 32.1 Å². The van der Waals surface area contributed by atoms with Gasteiger partial charge in [0.25, 0.3) is 0 Å². The highest BCUT2D eigenvalue weighted by atomic mass is 16.6. The van der Waals surface area contributed by atoms with Crippen LogP contribution in [0.3, 0.4) is 0 Å². The Kier molecular flexibility index (Phi) is 13.9. The lowest BCUT2D eigenvalue weighted by atomic mass is 9.88. The SMILES string of the molecule is [2H]C(CCCCC/C=C\CCCCCCCC)CCC1(O)O[C@H](CO)[C@@H](O)[C@H](O)[C@H]1N. The smallest absolute Gasteiger partial charge is 0.184 e. The zero-order valence-electron chi connectivity index (χ0n) is 19.9. The van der Waals surface area contributed by atoms with Crippen LogP contribution in [0.4, 0.5) is 0 Å². The molecular weight excluding hydrogens is 382 g/mol. The number of aliphatic hydroxyl groups excluding tert-OH is 3. The Morgan fingerprint density at radius 3 is 2.07 bits per heavy atom. The first-order valence-corrected chi connectivity index (χ1v) is 12.1. The molecule has 178 valence electrons. The van der Waals surface area contributed by atoms with Crippen molar-refractivity contribution in [3.63, 3.8) is 0 Å². The van der Waals surface area contributed by atoms with E-state index in [1.54, 1.807) is 0 Å². The van der Waals surface area contributed by atoms with Crippen LogP contribution in [0, 0.1) is 0 Å². The van der Waals surface area contributed by atoms with Gasteiger partial charge in [-0.15, -0.1) is 0 Å². The number of allylic oxidation sites excluding steroid dienone is 2.